The number of aryl methyl sites for hydroxylation is 1. The van der Waals surface area contributed by atoms with Crippen molar-refractivity contribution in [2.75, 3.05) is 19.3 Å². The Morgan fingerprint density at radius 1 is 1.25 bits per heavy atom. The van der Waals surface area contributed by atoms with Crippen LogP contribution in [0.3, 0.4) is 0 Å². The van der Waals surface area contributed by atoms with Crippen LogP contribution in [0.2, 0.25) is 0 Å². The van der Waals surface area contributed by atoms with Gasteiger partial charge in [0, 0.05) is 24.3 Å². The largest absolute Gasteiger partial charge is 0.301 e. The Morgan fingerprint density at radius 2 is 1.95 bits per heavy atom. The minimum absolute atomic E-state index is 0.115. The molecule has 20 heavy (non-hydrogen) atoms. The average Bonchev–Trinajstić information content (AvgIpc) is 2.83. The summed E-state index contributed by atoms with van der Waals surface area (Å²) in [4.78, 5) is 2.37. The van der Waals surface area contributed by atoms with E-state index < -0.39 is 9.84 Å². The molecule has 0 saturated carbocycles. The fourth-order valence-electron chi connectivity index (χ4n) is 1.93. The molecule has 0 atom stereocenters. The lowest BCUT2D eigenvalue weighted by molar-refractivity contribution is 0.345. The van der Waals surface area contributed by atoms with Gasteiger partial charge < -0.3 is 4.90 Å². The monoisotopic (exact) mass is 293 g/mol. The molecule has 0 spiro atoms. The van der Waals surface area contributed by atoms with Crippen molar-refractivity contribution in [1.29, 1.82) is 0 Å². The molecule has 0 bridgehead atoms. The summed E-state index contributed by atoms with van der Waals surface area (Å²) < 4.78 is 24.3. The molecular weight excluding hydrogens is 274 g/mol. The van der Waals surface area contributed by atoms with E-state index in [1.807, 2.05) is 24.9 Å². The third kappa shape index (κ3) is 3.68. The Kier molecular flexibility index (Phi) is 4.57. The highest BCUT2D eigenvalue weighted by Crippen LogP contribution is 2.11. The third-order valence-electron chi connectivity index (χ3n) is 3.22. The van der Waals surface area contributed by atoms with Crippen molar-refractivity contribution in [1.82, 2.24) is 15.1 Å². The first-order valence-electron chi connectivity index (χ1n) is 6.44. The van der Waals surface area contributed by atoms with Crippen LogP contribution in [-0.4, -0.2) is 42.9 Å². The predicted octanol–water partition coefficient (Wildman–Crippen LogP) is 1.62. The molecule has 108 valence electrons. The number of hydrogen-bond donors (Lipinski definition) is 1. The molecule has 0 amide bonds. The van der Waals surface area contributed by atoms with Crippen molar-refractivity contribution < 1.29 is 8.42 Å². The van der Waals surface area contributed by atoms with Crippen LogP contribution in [-0.2, 0) is 16.4 Å². The number of nitrogens with zero attached hydrogens (tertiary/aromatic N) is 2. The first-order valence-corrected chi connectivity index (χ1v) is 8.09. The number of aromatic nitrogens is 2. The molecule has 1 heterocycles. The van der Waals surface area contributed by atoms with E-state index in [9.17, 15) is 8.42 Å². The smallest absolute Gasteiger partial charge is 0.179 e. The Hall–Kier alpha value is -1.66. The lowest BCUT2D eigenvalue weighted by Gasteiger charge is -2.16. The maximum atomic E-state index is 12.2. The number of sulfone groups is 1. The maximum Gasteiger partial charge on any atom is 0.179 e. The molecule has 0 aliphatic heterocycles. The zero-order chi connectivity index (χ0) is 14.6. The van der Waals surface area contributed by atoms with E-state index in [-0.39, 0.29) is 5.75 Å². The molecule has 0 aliphatic rings. The molecule has 2 rings (SSSR count). The summed E-state index contributed by atoms with van der Waals surface area (Å²) in [6.45, 7) is 3.13. The number of nitrogens with one attached hydrogen (secondary N) is 1. The highest BCUT2D eigenvalue weighted by atomic mass is 32.2. The van der Waals surface area contributed by atoms with Gasteiger partial charge >= 0.3 is 0 Å². The number of aromatic amines is 1. The predicted molar refractivity (Wildman–Crippen MR) is 78.2 cm³/mol. The van der Waals surface area contributed by atoms with Crippen molar-refractivity contribution in [3.8, 4) is 0 Å². The van der Waals surface area contributed by atoms with Crippen molar-refractivity contribution in [2.45, 2.75) is 18.4 Å². The summed E-state index contributed by atoms with van der Waals surface area (Å²) in [6.07, 6.45) is 1.78. The minimum Gasteiger partial charge on any atom is -0.301 e. The van der Waals surface area contributed by atoms with Crippen LogP contribution in [0.1, 0.15) is 11.3 Å². The summed E-state index contributed by atoms with van der Waals surface area (Å²) in [5.41, 5.74) is 2.10. The Labute approximate surface area is 119 Å². The maximum absolute atomic E-state index is 12.2. The van der Waals surface area contributed by atoms with Gasteiger partial charge in [0.25, 0.3) is 0 Å². The van der Waals surface area contributed by atoms with E-state index in [0.717, 1.165) is 11.3 Å². The van der Waals surface area contributed by atoms with Gasteiger partial charge in [-0.3, -0.25) is 5.10 Å². The van der Waals surface area contributed by atoms with Gasteiger partial charge in [-0.05, 0) is 26.1 Å². The van der Waals surface area contributed by atoms with Crippen LogP contribution >= 0.6 is 0 Å². The zero-order valence-corrected chi connectivity index (χ0v) is 12.5. The Bertz CT molecular complexity index is 650. The van der Waals surface area contributed by atoms with Crippen LogP contribution in [0.5, 0.6) is 0 Å². The lowest BCUT2D eigenvalue weighted by Crippen LogP contribution is -2.25. The number of rotatable bonds is 6. The lowest BCUT2D eigenvalue weighted by atomic mass is 10.2. The summed E-state index contributed by atoms with van der Waals surface area (Å²) in [6, 6.07) is 8.56. The summed E-state index contributed by atoms with van der Waals surface area (Å²) >= 11 is 0. The topological polar surface area (TPSA) is 66.1 Å². The molecule has 6 heteroatoms. The van der Waals surface area contributed by atoms with Crippen LogP contribution < -0.4 is 0 Å². The second-order valence-corrected chi connectivity index (χ2v) is 7.00. The molecule has 1 N–H and O–H groups in total. The highest BCUT2D eigenvalue weighted by molar-refractivity contribution is 7.91. The van der Waals surface area contributed by atoms with Crippen LogP contribution in [0, 0.1) is 6.92 Å². The van der Waals surface area contributed by atoms with E-state index in [1.54, 1.807) is 30.5 Å². The van der Waals surface area contributed by atoms with Gasteiger partial charge in [-0.15, -0.1) is 0 Å². The van der Waals surface area contributed by atoms with Gasteiger partial charge in [0.15, 0.2) is 9.84 Å². The molecule has 0 saturated heterocycles. The second-order valence-electron chi connectivity index (χ2n) is 4.89. The van der Waals surface area contributed by atoms with Gasteiger partial charge in [-0.1, -0.05) is 18.2 Å². The fourth-order valence-corrected chi connectivity index (χ4v) is 3.29. The van der Waals surface area contributed by atoms with Crippen LogP contribution in [0.15, 0.2) is 41.4 Å². The van der Waals surface area contributed by atoms with Crippen molar-refractivity contribution >= 4 is 9.84 Å². The van der Waals surface area contributed by atoms with Crippen LogP contribution in [0.4, 0.5) is 0 Å². The molecule has 5 nitrogen and oxygen atoms in total. The highest BCUT2D eigenvalue weighted by Gasteiger charge is 2.15. The zero-order valence-electron chi connectivity index (χ0n) is 11.7. The first-order chi connectivity index (χ1) is 9.49. The van der Waals surface area contributed by atoms with Gasteiger partial charge in [0.2, 0.25) is 0 Å². The molecule has 0 radical (unpaired) electrons. The van der Waals surface area contributed by atoms with E-state index in [4.69, 9.17) is 0 Å². The standard InChI is InChI=1S/C14H19N3O2S/c1-12-13(10-15-16-12)11-17(2)8-9-20(18,19)14-6-4-3-5-7-14/h3-7,10H,8-9,11H2,1-2H3,(H,15,16). The van der Waals surface area contributed by atoms with E-state index in [2.05, 4.69) is 10.2 Å². The fraction of sp³-hybridized carbons (Fsp3) is 0.357. The molecule has 1 aromatic heterocycles. The molecule has 1 aromatic carbocycles. The first kappa shape index (κ1) is 14.7. The summed E-state index contributed by atoms with van der Waals surface area (Å²) in [7, 11) is -1.30. The van der Waals surface area contributed by atoms with Crippen molar-refractivity contribution in [3.05, 3.63) is 47.8 Å². The van der Waals surface area contributed by atoms with E-state index in [0.29, 0.717) is 18.0 Å². The average molecular weight is 293 g/mol. The minimum atomic E-state index is -3.21. The SMILES string of the molecule is Cc1[nH]ncc1CN(C)CCS(=O)(=O)c1ccccc1. The van der Waals surface area contributed by atoms with Gasteiger partial charge in [0.05, 0.1) is 16.8 Å². The van der Waals surface area contributed by atoms with E-state index in [1.165, 1.54) is 0 Å². The number of benzene rings is 1. The quantitative estimate of drug-likeness (QED) is 0.879. The van der Waals surface area contributed by atoms with Crippen LogP contribution in [0.25, 0.3) is 0 Å². The molecule has 0 unspecified atom stereocenters. The summed E-state index contributed by atoms with van der Waals surface area (Å²) in [5.74, 6) is 0.115. The Balaban J connectivity index is 1.93. The molecule has 0 aliphatic carbocycles. The van der Waals surface area contributed by atoms with Gasteiger partial charge in [-0.2, -0.15) is 5.10 Å². The van der Waals surface area contributed by atoms with Crippen molar-refractivity contribution in [3.63, 3.8) is 0 Å². The van der Waals surface area contributed by atoms with E-state index >= 15 is 0 Å². The summed E-state index contributed by atoms with van der Waals surface area (Å²) in [5, 5.41) is 6.84. The van der Waals surface area contributed by atoms with Gasteiger partial charge in [-0.25, -0.2) is 8.42 Å². The molecule has 0 fully saturated rings. The Morgan fingerprint density at radius 3 is 2.55 bits per heavy atom. The van der Waals surface area contributed by atoms with Crippen molar-refractivity contribution in [2.24, 2.45) is 0 Å². The van der Waals surface area contributed by atoms with Gasteiger partial charge in [0.1, 0.15) is 0 Å². The molecule has 2 aromatic rings. The molecular formula is C14H19N3O2S. The second kappa shape index (κ2) is 6.19. The number of hydrogen-bond acceptors (Lipinski definition) is 4. The number of H-pyrrole nitrogens is 1. The normalized spacial score (nSPS) is 11.9. The third-order valence-corrected chi connectivity index (χ3v) is 4.93.